The van der Waals surface area contributed by atoms with Gasteiger partial charge in [-0.3, -0.25) is 19.1 Å². The fourth-order valence-corrected chi connectivity index (χ4v) is 4.04. The van der Waals surface area contributed by atoms with E-state index >= 15 is 0 Å². The maximum atomic E-state index is 13.4. The zero-order valence-corrected chi connectivity index (χ0v) is 18.9. The van der Waals surface area contributed by atoms with Gasteiger partial charge in [-0.1, -0.05) is 11.6 Å². The van der Waals surface area contributed by atoms with Gasteiger partial charge in [0.15, 0.2) is 0 Å². The molecule has 0 aliphatic carbocycles. The molecule has 0 saturated carbocycles. The van der Waals surface area contributed by atoms with E-state index in [0.717, 1.165) is 11.1 Å². The van der Waals surface area contributed by atoms with Crippen LogP contribution in [0.4, 0.5) is 14.9 Å². The maximum absolute atomic E-state index is 13.4. The molecule has 0 spiro atoms. The topological polar surface area (TPSA) is 133 Å². The number of hydrogen-bond donors (Lipinski definition) is 2. The van der Waals surface area contributed by atoms with Crippen LogP contribution >= 0.6 is 11.6 Å². The summed E-state index contributed by atoms with van der Waals surface area (Å²) >= 11 is 5.78. The highest BCUT2D eigenvalue weighted by Gasteiger charge is 2.35. The van der Waals surface area contributed by atoms with Crippen LogP contribution in [0.25, 0.3) is 0 Å². The van der Waals surface area contributed by atoms with Crippen molar-refractivity contribution in [3.05, 3.63) is 46.0 Å². The van der Waals surface area contributed by atoms with Crippen molar-refractivity contribution in [2.45, 2.75) is 32.0 Å². The molecule has 1 aromatic heterocycles. The average molecular weight is 490 g/mol. The SMILES string of the molecule is CN1OC(CNC(=O)CC#N)Cn2nc3c(c2C1=O)CN(C(=O)Nc1ccc(F)c(Cl)c1)CC3. The van der Waals surface area contributed by atoms with E-state index in [4.69, 9.17) is 21.7 Å². The molecule has 0 radical (unpaired) electrons. The number of urea groups is 1. The van der Waals surface area contributed by atoms with E-state index in [-0.39, 0.29) is 31.1 Å². The van der Waals surface area contributed by atoms with Gasteiger partial charge in [-0.05, 0) is 18.2 Å². The number of fused-ring (bicyclic) bond motifs is 3. The van der Waals surface area contributed by atoms with Crippen molar-refractivity contribution >= 4 is 35.1 Å². The molecule has 34 heavy (non-hydrogen) atoms. The molecule has 178 valence electrons. The van der Waals surface area contributed by atoms with Crippen LogP contribution in [-0.4, -0.2) is 63.8 Å². The summed E-state index contributed by atoms with van der Waals surface area (Å²) in [5.41, 5.74) is 1.99. The number of nitriles is 1. The van der Waals surface area contributed by atoms with Crippen molar-refractivity contribution in [1.29, 1.82) is 5.26 Å². The van der Waals surface area contributed by atoms with E-state index in [9.17, 15) is 18.8 Å². The van der Waals surface area contributed by atoms with Gasteiger partial charge in [-0.15, -0.1) is 0 Å². The monoisotopic (exact) mass is 489 g/mol. The van der Waals surface area contributed by atoms with Crippen molar-refractivity contribution in [2.75, 3.05) is 25.5 Å². The van der Waals surface area contributed by atoms with Gasteiger partial charge in [0.1, 0.15) is 24.0 Å². The molecule has 1 aromatic carbocycles. The zero-order valence-electron chi connectivity index (χ0n) is 18.2. The van der Waals surface area contributed by atoms with Gasteiger partial charge in [0.05, 0.1) is 29.9 Å². The number of halogens is 2. The Morgan fingerprint density at radius 3 is 2.94 bits per heavy atom. The third-order valence-electron chi connectivity index (χ3n) is 5.50. The summed E-state index contributed by atoms with van der Waals surface area (Å²) in [5.74, 6) is -1.45. The van der Waals surface area contributed by atoms with Crippen LogP contribution in [0, 0.1) is 17.1 Å². The first-order chi connectivity index (χ1) is 16.3. The Morgan fingerprint density at radius 2 is 2.21 bits per heavy atom. The van der Waals surface area contributed by atoms with Crippen molar-refractivity contribution < 1.29 is 23.6 Å². The molecule has 4 rings (SSSR count). The normalized spacial score (nSPS) is 17.4. The number of anilines is 1. The fraction of sp³-hybridized carbons (Fsp3) is 0.381. The molecule has 1 atom stereocenters. The molecule has 11 nitrogen and oxygen atoms in total. The van der Waals surface area contributed by atoms with Crippen LogP contribution < -0.4 is 10.6 Å². The number of hydroxylamine groups is 2. The number of carbonyl (C=O) groups is 3. The minimum Gasteiger partial charge on any atom is -0.352 e. The standard InChI is InChI=1S/C21H21ClFN7O4/c1-28-20(32)19-14-11-29(21(33)26-12-2-3-16(23)15(22)8-12)7-5-17(14)27-30(19)10-13(34-28)9-25-18(31)4-6-24/h2-3,8,13H,4-5,7,9-11H2,1H3,(H,25,31)(H,26,33). The lowest BCUT2D eigenvalue weighted by Gasteiger charge is -2.27. The molecule has 2 aromatic rings. The van der Waals surface area contributed by atoms with Gasteiger partial charge >= 0.3 is 6.03 Å². The first-order valence-electron chi connectivity index (χ1n) is 10.4. The second-order valence-electron chi connectivity index (χ2n) is 7.86. The molecule has 3 heterocycles. The minimum absolute atomic E-state index is 0.0941. The second-order valence-corrected chi connectivity index (χ2v) is 8.26. The summed E-state index contributed by atoms with van der Waals surface area (Å²) in [5, 5.41) is 19.4. The predicted molar refractivity (Wildman–Crippen MR) is 117 cm³/mol. The molecule has 1 unspecified atom stereocenters. The number of nitrogens with one attached hydrogen (secondary N) is 2. The van der Waals surface area contributed by atoms with E-state index in [1.807, 2.05) is 0 Å². The number of carbonyl (C=O) groups excluding carboxylic acids is 3. The summed E-state index contributed by atoms with van der Waals surface area (Å²) in [6, 6.07) is 5.24. The van der Waals surface area contributed by atoms with E-state index in [1.165, 1.54) is 24.1 Å². The van der Waals surface area contributed by atoms with Gasteiger partial charge in [0.25, 0.3) is 5.91 Å². The lowest BCUT2D eigenvalue weighted by atomic mass is 10.1. The van der Waals surface area contributed by atoms with Crippen LogP contribution in [0.15, 0.2) is 18.2 Å². The number of hydrogen-bond acceptors (Lipinski definition) is 6. The van der Waals surface area contributed by atoms with E-state index in [0.29, 0.717) is 35.6 Å². The highest BCUT2D eigenvalue weighted by Crippen LogP contribution is 2.27. The average Bonchev–Trinajstić information content (AvgIpc) is 3.10. The molecule has 13 heteroatoms. The van der Waals surface area contributed by atoms with Crippen LogP contribution in [0.1, 0.15) is 28.2 Å². The number of rotatable bonds is 4. The van der Waals surface area contributed by atoms with Crippen molar-refractivity contribution in [2.24, 2.45) is 0 Å². The molecule has 0 saturated heterocycles. The third-order valence-corrected chi connectivity index (χ3v) is 5.79. The predicted octanol–water partition coefficient (Wildman–Crippen LogP) is 1.68. The summed E-state index contributed by atoms with van der Waals surface area (Å²) in [4.78, 5) is 44.6. The maximum Gasteiger partial charge on any atom is 0.322 e. The molecular weight excluding hydrogens is 469 g/mol. The Labute approximate surface area is 198 Å². The summed E-state index contributed by atoms with van der Waals surface area (Å²) in [7, 11) is 1.47. The fourth-order valence-electron chi connectivity index (χ4n) is 3.86. The summed E-state index contributed by atoms with van der Waals surface area (Å²) in [6.45, 7) is 0.815. The van der Waals surface area contributed by atoms with Gasteiger partial charge < -0.3 is 15.5 Å². The Balaban J connectivity index is 1.50. The molecule has 0 fully saturated rings. The first kappa shape index (κ1) is 23.5. The summed E-state index contributed by atoms with van der Waals surface area (Å²) < 4.78 is 14.9. The molecular formula is C21H21ClFN7O4. The number of nitrogens with zero attached hydrogens (tertiary/aromatic N) is 5. The number of amides is 4. The highest BCUT2D eigenvalue weighted by molar-refractivity contribution is 6.31. The van der Waals surface area contributed by atoms with Crippen LogP contribution in [0.2, 0.25) is 5.02 Å². The molecule has 4 amide bonds. The van der Waals surface area contributed by atoms with Crippen molar-refractivity contribution in [3.63, 3.8) is 0 Å². The van der Waals surface area contributed by atoms with Gasteiger partial charge in [-0.25, -0.2) is 14.2 Å². The smallest absolute Gasteiger partial charge is 0.322 e. The highest BCUT2D eigenvalue weighted by atomic mass is 35.5. The largest absolute Gasteiger partial charge is 0.352 e. The van der Waals surface area contributed by atoms with Gasteiger partial charge in [0.2, 0.25) is 5.91 Å². The second kappa shape index (κ2) is 9.66. The Kier molecular flexibility index (Phi) is 6.67. The Bertz CT molecular complexity index is 1190. The van der Waals surface area contributed by atoms with Crippen LogP contribution in [0.5, 0.6) is 0 Å². The molecule has 2 aliphatic heterocycles. The van der Waals surface area contributed by atoms with Crippen molar-refractivity contribution in [1.82, 2.24) is 25.1 Å². The minimum atomic E-state index is -0.586. The quantitative estimate of drug-likeness (QED) is 0.671. The van der Waals surface area contributed by atoms with Gasteiger partial charge in [-0.2, -0.15) is 10.4 Å². The number of benzene rings is 1. The van der Waals surface area contributed by atoms with Crippen LogP contribution in [-0.2, 0) is 29.1 Å². The van der Waals surface area contributed by atoms with E-state index < -0.39 is 29.8 Å². The Hall–Kier alpha value is -3.69. The van der Waals surface area contributed by atoms with Crippen molar-refractivity contribution in [3.8, 4) is 6.07 Å². The Morgan fingerprint density at radius 1 is 1.41 bits per heavy atom. The lowest BCUT2D eigenvalue weighted by molar-refractivity contribution is -0.148. The van der Waals surface area contributed by atoms with E-state index in [1.54, 1.807) is 10.8 Å². The third kappa shape index (κ3) is 4.80. The van der Waals surface area contributed by atoms with Crippen LogP contribution in [0.3, 0.4) is 0 Å². The van der Waals surface area contributed by atoms with Gasteiger partial charge in [0, 0.05) is 37.8 Å². The summed E-state index contributed by atoms with van der Waals surface area (Å²) in [6.07, 6.45) is -0.416. The van der Waals surface area contributed by atoms with E-state index in [2.05, 4.69) is 15.7 Å². The lowest BCUT2D eigenvalue weighted by Crippen LogP contribution is -2.40. The zero-order chi connectivity index (χ0) is 24.4. The first-order valence-corrected chi connectivity index (χ1v) is 10.8. The number of aromatic nitrogens is 2. The molecule has 2 N–H and O–H groups in total. The molecule has 2 aliphatic rings. The molecule has 0 bridgehead atoms.